The minimum atomic E-state index is -0.0875. The zero-order valence-electron chi connectivity index (χ0n) is 12.3. The fourth-order valence-electron chi connectivity index (χ4n) is 2.79. The van der Waals surface area contributed by atoms with Gasteiger partial charge in [0.15, 0.2) is 23.1 Å². The number of hydrogen-bond donors (Lipinski definition) is 0. The van der Waals surface area contributed by atoms with Crippen LogP contribution in [0.1, 0.15) is 17.5 Å². The zero-order valence-corrected chi connectivity index (χ0v) is 12.3. The largest absolute Gasteiger partial charge is 0.450 e. The van der Waals surface area contributed by atoms with E-state index >= 15 is 0 Å². The van der Waals surface area contributed by atoms with Gasteiger partial charge in [0.05, 0.1) is 11.0 Å². The number of aryl methyl sites for hydroxylation is 1. The molecule has 4 heteroatoms. The smallest absolute Gasteiger partial charge is 0.194 e. The zero-order chi connectivity index (χ0) is 15.3. The quantitative estimate of drug-likeness (QED) is 0.520. The molecule has 0 N–H and O–H groups in total. The molecule has 2 heterocycles. The lowest BCUT2D eigenvalue weighted by Crippen LogP contribution is -1.91. The first-order valence-corrected chi connectivity index (χ1v) is 7.10. The molecule has 0 atom stereocenters. The number of carbonyl (C=O) groups excluding carboxylic acids is 1. The highest BCUT2D eigenvalue weighted by molar-refractivity contribution is 6.05. The van der Waals surface area contributed by atoms with Gasteiger partial charge in [-0.15, -0.1) is 0 Å². The maximum Gasteiger partial charge on any atom is 0.194 e. The van der Waals surface area contributed by atoms with Crippen LogP contribution < -0.4 is 0 Å². The van der Waals surface area contributed by atoms with E-state index in [2.05, 4.69) is 24.3 Å². The van der Waals surface area contributed by atoms with E-state index < -0.39 is 0 Å². The molecule has 0 radical (unpaired) electrons. The number of furan rings is 1. The summed E-state index contributed by atoms with van der Waals surface area (Å²) in [5.74, 6) is 1.59. The number of benzene rings is 2. The summed E-state index contributed by atoms with van der Waals surface area (Å²) in [6, 6.07) is 15.8. The van der Waals surface area contributed by atoms with Crippen molar-refractivity contribution in [1.82, 2.24) is 9.55 Å². The molecule has 4 aromatic rings. The fourth-order valence-corrected chi connectivity index (χ4v) is 2.79. The number of rotatable bonds is 2. The second-order valence-electron chi connectivity index (χ2n) is 5.37. The Morgan fingerprint density at radius 1 is 1.09 bits per heavy atom. The molecule has 108 valence electrons. The molecule has 4 rings (SSSR count). The van der Waals surface area contributed by atoms with Crippen molar-refractivity contribution in [2.24, 2.45) is 7.05 Å². The Balaban J connectivity index is 2.00. The number of carbonyl (C=O) groups is 1. The first-order chi connectivity index (χ1) is 10.6. The summed E-state index contributed by atoms with van der Waals surface area (Å²) >= 11 is 0. The van der Waals surface area contributed by atoms with Gasteiger partial charge in [0.1, 0.15) is 0 Å². The molecule has 0 fully saturated rings. The van der Waals surface area contributed by atoms with Crippen LogP contribution in [0.25, 0.3) is 33.4 Å². The lowest BCUT2D eigenvalue weighted by molar-refractivity contribution is 0.0988. The molecule has 0 bridgehead atoms. The molecule has 2 aromatic carbocycles. The minimum Gasteiger partial charge on any atom is -0.450 e. The van der Waals surface area contributed by atoms with Gasteiger partial charge in [0.25, 0.3) is 0 Å². The average Bonchev–Trinajstić information content (AvgIpc) is 3.12. The number of Topliss-reactive ketones (excluding diaryl/α,β-unsaturated/α-hetero) is 1. The Kier molecular flexibility index (Phi) is 2.66. The van der Waals surface area contributed by atoms with E-state index in [1.165, 1.54) is 6.92 Å². The number of aromatic nitrogens is 2. The van der Waals surface area contributed by atoms with Gasteiger partial charge in [0.2, 0.25) is 0 Å². The average molecular weight is 290 g/mol. The van der Waals surface area contributed by atoms with Crippen molar-refractivity contribution >= 4 is 27.6 Å². The van der Waals surface area contributed by atoms with Crippen molar-refractivity contribution in [3.05, 3.63) is 54.3 Å². The minimum absolute atomic E-state index is 0.0875. The van der Waals surface area contributed by atoms with Crippen LogP contribution in [0.3, 0.4) is 0 Å². The van der Waals surface area contributed by atoms with Crippen molar-refractivity contribution < 1.29 is 9.21 Å². The van der Waals surface area contributed by atoms with E-state index in [1.807, 2.05) is 23.7 Å². The van der Waals surface area contributed by atoms with Crippen molar-refractivity contribution in [3.8, 4) is 11.6 Å². The van der Waals surface area contributed by atoms with Crippen molar-refractivity contribution in [2.75, 3.05) is 0 Å². The third-order valence-electron chi connectivity index (χ3n) is 3.95. The number of imidazole rings is 1. The first kappa shape index (κ1) is 12.8. The van der Waals surface area contributed by atoms with Crippen LogP contribution in [0.4, 0.5) is 0 Å². The highest BCUT2D eigenvalue weighted by atomic mass is 16.3. The molecule has 0 unspecified atom stereocenters. The van der Waals surface area contributed by atoms with Crippen molar-refractivity contribution in [2.45, 2.75) is 6.92 Å². The summed E-state index contributed by atoms with van der Waals surface area (Å²) in [6.45, 7) is 1.49. The normalized spacial score (nSPS) is 11.4. The lowest BCUT2D eigenvalue weighted by atomic mass is 10.1. The maximum atomic E-state index is 11.4. The molecule has 0 spiro atoms. The van der Waals surface area contributed by atoms with Crippen LogP contribution in [0.2, 0.25) is 0 Å². The Morgan fingerprint density at radius 2 is 1.91 bits per heavy atom. The predicted octanol–water partition coefficient (Wildman–Crippen LogP) is 4.19. The topological polar surface area (TPSA) is 48.0 Å². The lowest BCUT2D eigenvalue weighted by Gasteiger charge is -2.00. The summed E-state index contributed by atoms with van der Waals surface area (Å²) in [5, 5.41) is 2.27. The summed E-state index contributed by atoms with van der Waals surface area (Å²) in [5.41, 5.74) is 1.98. The van der Waals surface area contributed by atoms with Crippen LogP contribution in [-0.2, 0) is 7.05 Å². The van der Waals surface area contributed by atoms with E-state index in [1.54, 1.807) is 12.1 Å². The predicted molar refractivity (Wildman–Crippen MR) is 85.9 cm³/mol. The van der Waals surface area contributed by atoms with E-state index in [0.29, 0.717) is 11.5 Å². The van der Waals surface area contributed by atoms with Gasteiger partial charge < -0.3 is 8.98 Å². The van der Waals surface area contributed by atoms with E-state index in [0.717, 1.165) is 27.6 Å². The third kappa shape index (κ3) is 1.77. The second-order valence-corrected chi connectivity index (χ2v) is 5.37. The molecule has 22 heavy (non-hydrogen) atoms. The van der Waals surface area contributed by atoms with Crippen molar-refractivity contribution in [3.63, 3.8) is 0 Å². The van der Waals surface area contributed by atoms with Gasteiger partial charge in [-0.05, 0) is 23.6 Å². The Morgan fingerprint density at radius 3 is 2.68 bits per heavy atom. The van der Waals surface area contributed by atoms with Crippen LogP contribution in [0, 0.1) is 0 Å². The number of ketones is 1. The fraction of sp³-hybridized carbons (Fsp3) is 0.111. The van der Waals surface area contributed by atoms with Gasteiger partial charge in [-0.2, -0.15) is 0 Å². The molecule has 0 aliphatic rings. The second kappa shape index (κ2) is 4.56. The summed E-state index contributed by atoms with van der Waals surface area (Å²) < 4.78 is 7.61. The van der Waals surface area contributed by atoms with Crippen LogP contribution in [0.5, 0.6) is 0 Å². The summed E-state index contributed by atoms with van der Waals surface area (Å²) in [4.78, 5) is 16.1. The molecule has 0 amide bonds. The molecule has 0 aliphatic carbocycles. The van der Waals surface area contributed by atoms with E-state index in [-0.39, 0.29) is 5.78 Å². The molecule has 4 nitrogen and oxygen atoms in total. The van der Waals surface area contributed by atoms with Crippen molar-refractivity contribution in [1.29, 1.82) is 0 Å². The van der Waals surface area contributed by atoms with Gasteiger partial charge in [-0.1, -0.05) is 30.3 Å². The molecule has 0 aliphatic heterocycles. The van der Waals surface area contributed by atoms with Gasteiger partial charge in [0, 0.05) is 19.4 Å². The van der Waals surface area contributed by atoms with Gasteiger partial charge >= 0.3 is 0 Å². The number of fused-ring (bicyclic) bond motifs is 3. The first-order valence-electron chi connectivity index (χ1n) is 7.10. The SMILES string of the molecule is CC(=O)c1ccc(-c2nc3c4ccccc4ccc3n2C)o1. The van der Waals surface area contributed by atoms with Crippen LogP contribution >= 0.6 is 0 Å². The van der Waals surface area contributed by atoms with E-state index in [9.17, 15) is 4.79 Å². The van der Waals surface area contributed by atoms with E-state index in [4.69, 9.17) is 9.40 Å². The maximum absolute atomic E-state index is 11.4. The van der Waals surface area contributed by atoms with Gasteiger partial charge in [-0.25, -0.2) is 4.98 Å². The Labute approximate surface area is 127 Å². The Bertz CT molecular complexity index is 1020. The molecular formula is C18H14N2O2. The molecular weight excluding hydrogens is 276 g/mol. The number of hydrogen-bond acceptors (Lipinski definition) is 3. The van der Waals surface area contributed by atoms with Gasteiger partial charge in [-0.3, -0.25) is 4.79 Å². The number of nitrogens with zero attached hydrogens (tertiary/aromatic N) is 2. The third-order valence-corrected chi connectivity index (χ3v) is 3.95. The van der Waals surface area contributed by atoms with Crippen LogP contribution in [0.15, 0.2) is 52.9 Å². The summed E-state index contributed by atoms with van der Waals surface area (Å²) in [6.07, 6.45) is 0. The monoisotopic (exact) mass is 290 g/mol. The van der Waals surface area contributed by atoms with Crippen LogP contribution in [-0.4, -0.2) is 15.3 Å². The molecule has 2 aromatic heterocycles. The Hall–Kier alpha value is -2.88. The highest BCUT2D eigenvalue weighted by Gasteiger charge is 2.16. The molecule has 0 saturated carbocycles. The standard InChI is InChI=1S/C18H14N2O2/c1-11(21)15-9-10-16(22-15)18-19-17-13-6-4-3-5-12(13)7-8-14(17)20(18)2/h3-10H,1-2H3. The molecule has 0 saturated heterocycles. The highest BCUT2D eigenvalue weighted by Crippen LogP contribution is 2.30. The summed E-state index contributed by atoms with van der Waals surface area (Å²) in [7, 11) is 1.95.